The molecule has 0 spiro atoms. The first kappa shape index (κ1) is 18.4. The van der Waals surface area contributed by atoms with E-state index in [2.05, 4.69) is 23.7 Å². The minimum absolute atomic E-state index is 0. The zero-order valence-corrected chi connectivity index (χ0v) is 14.6. The predicted octanol–water partition coefficient (Wildman–Crippen LogP) is 1.71. The summed E-state index contributed by atoms with van der Waals surface area (Å²) in [5, 5.41) is 0. The van der Waals surface area contributed by atoms with Crippen LogP contribution in [0.25, 0.3) is 0 Å². The van der Waals surface area contributed by atoms with Gasteiger partial charge < -0.3 is 4.90 Å². The molecule has 1 aliphatic heterocycles. The van der Waals surface area contributed by atoms with Crippen LogP contribution >= 0.6 is 12.4 Å². The van der Waals surface area contributed by atoms with Gasteiger partial charge in [-0.2, -0.15) is 4.31 Å². The lowest BCUT2D eigenvalue weighted by molar-refractivity contribution is 0.216. The fraction of sp³-hybridized carbons (Fsp3) is 0.643. The van der Waals surface area contributed by atoms with E-state index in [0.29, 0.717) is 24.9 Å². The van der Waals surface area contributed by atoms with Gasteiger partial charge in [0.1, 0.15) is 4.90 Å². The molecule has 1 fully saturated rings. The van der Waals surface area contributed by atoms with E-state index in [9.17, 15) is 8.42 Å². The molecule has 2 heterocycles. The van der Waals surface area contributed by atoms with Crippen molar-refractivity contribution in [3.8, 4) is 0 Å². The van der Waals surface area contributed by atoms with Gasteiger partial charge in [0.05, 0.1) is 0 Å². The molecule has 0 aromatic carbocycles. The summed E-state index contributed by atoms with van der Waals surface area (Å²) in [7, 11) is 0.601. The number of hydrogen-bond donors (Lipinski definition) is 0. The van der Waals surface area contributed by atoms with Crippen LogP contribution in [-0.4, -0.2) is 55.8 Å². The molecular weight excluding hydrogens is 310 g/mol. The Bertz CT molecular complexity index is 533. The monoisotopic (exact) mass is 333 g/mol. The minimum Gasteiger partial charge on any atom is -0.305 e. The molecule has 1 aromatic heterocycles. The molecule has 0 N–H and O–H groups in total. The van der Waals surface area contributed by atoms with Crippen LogP contribution < -0.4 is 0 Å². The summed E-state index contributed by atoms with van der Waals surface area (Å²) in [5.41, 5.74) is 0. The molecule has 2 rings (SSSR count). The molecule has 2 atom stereocenters. The lowest BCUT2D eigenvalue weighted by atomic mass is 9.91. The third-order valence-electron chi connectivity index (χ3n) is 4.09. The van der Waals surface area contributed by atoms with Gasteiger partial charge >= 0.3 is 0 Å². The van der Waals surface area contributed by atoms with Gasteiger partial charge in [0.2, 0.25) is 10.0 Å². The van der Waals surface area contributed by atoms with Gasteiger partial charge in [0.15, 0.2) is 0 Å². The van der Waals surface area contributed by atoms with E-state index in [4.69, 9.17) is 0 Å². The van der Waals surface area contributed by atoms with Crippen molar-refractivity contribution in [1.29, 1.82) is 0 Å². The van der Waals surface area contributed by atoms with Crippen LogP contribution in [0.5, 0.6) is 0 Å². The second kappa shape index (κ2) is 7.05. The zero-order valence-electron chi connectivity index (χ0n) is 12.9. The lowest BCUT2D eigenvalue weighted by Crippen LogP contribution is -2.37. The summed E-state index contributed by atoms with van der Waals surface area (Å²) in [6.45, 7) is 5.44. The molecule has 5 nitrogen and oxygen atoms in total. The Labute approximate surface area is 133 Å². The van der Waals surface area contributed by atoms with Crippen LogP contribution in [0, 0.1) is 11.8 Å². The van der Waals surface area contributed by atoms with Crippen LogP contribution in [0.1, 0.15) is 13.8 Å². The van der Waals surface area contributed by atoms with Gasteiger partial charge in [-0.1, -0.05) is 13.8 Å². The Balaban J connectivity index is 0.00000220. The number of likely N-dealkylation sites (N-methyl/N-ethyl adjacent to an activating group) is 1. The van der Waals surface area contributed by atoms with E-state index in [-0.39, 0.29) is 23.3 Å². The Hall–Kier alpha value is -0.690. The quantitative estimate of drug-likeness (QED) is 0.841. The molecule has 1 saturated heterocycles. The van der Waals surface area contributed by atoms with Crippen molar-refractivity contribution in [3.63, 3.8) is 0 Å². The summed E-state index contributed by atoms with van der Waals surface area (Å²) in [5.74, 6) is 0.813. The SMILES string of the molecule is CC(C)[C@H]1CN(S(=O)(=O)c2cccnc2)C[C@@H]1N(C)C.Cl. The summed E-state index contributed by atoms with van der Waals surface area (Å²) >= 11 is 0. The molecule has 0 unspecified atom stereocenters. The van der Waals surface area contributed by atoms with Crippen molar-refractivity contribution in [2.45, 2.75) is 24.8 Å². The van der Waals surface area contributed by atoms with Gasteiger partial charge in [-0.3, -0.25) is 4.98 Å². The highest BCUT2D eigenvalue weighted by Crippen LogP contribution is 2.30. The number of rotatable bonds is 4. The maximum atomic E-state index is 12.6. The molecule has 0 radical (unpaired) electrons. The summed E-state index contributed by atoms with van der Waals surface area (Å²) in [6, 6.07) is 3.53. The van der Waals surface area contributed by atoms with E-state index < -0.39 is 10.0 Å². The Morgan fingerprint density at radius 1 is 1.33 bits per heavy atom. The zero-order chi connectivity index (χ0) is 14.9. The molecule has 0 aliphatic carbocycles. The normalized spacial score (nSPS) is 23.5. The number of halogens is 1. The molecule has 1 aromatic rings. The average Bonchev–Trinajstić information content (AvgIpc) is 2.85. The second-order valence-electron chi connectivity index (χ2n) is 5.95. The van der Waals surface area contributed by atoms with Gasteiger partial charge in [-0.05, 0) is 38.1 Å². The minimum atomic E-state index is -3.43. The predicted molar refractivity (Wildman–Crippen MR) is 86.0 cm³/mol. The second-order valence-corrected chi connectivity index (χ2v) is 7.89. The van der Waals surface area contributed by atoms with E-state index in [0.717, 1.165) is 0 Å². The smallest absolute Gasteiger partial charge is 0.244 e. The fourth-order valence-electron chi connectivity index (χ4n) is 2.82. The first-order valence-electron chi connectivity index (χ1n) is 6.90. The molecule has 21 heavy (non-hydrogen) atoms. The topological polar surface area (TPSA) is 53.5 Å². The summed E-state index contributed by atoms with van der Waals surface area (Å²) < 4.78 is 26.9. The van der Waals surface area contributed by atoms with Crippen molar-refractivity contribution in [1.82, 2.24) is 14.2 Å². The van der Waals surface area contributed by atoms with Crippen molar-refractivity contribution in [2.75, 3.05) is 27.2 Å². The van der Waals surface area contributed by atoms with Crippen LogP contribution in [0.2, 0.25) is 0 Å². The van der Waals surface area contributed by atoms with Gasteiger partial charge in [0.25, 0.3) is 0 Å². The highest BCUT2D eigenvalue weighted by molar-refractivity contribution is 7.89. The number of pyridine rings is 1. The third-order valence-corrected chi connectivity index (χ3v) is 5.91. The number of nitrogens with zero attached hydrogens (tertiary/aromatic N) is 3. The molecule has 7 heteroatoms. The standard InChI is InChI=1S/C14H23N3O2S.ClH/c1-11(2)13-9-17(10-14(13)16(3)4)20(18,19)12-6-5-7-15-8-12;/h5-8,11,13-14H,9-10H2,1-4H3;1H/t13-,14+;/m1./s1. The number of hydrogen-bond acceptors (Lipinski definition) is 4. The average molecular weight is 334 g/mol. The first-order valence-corrected chi connectivity index (χ1v) is 8.34. The molecular formula is C14H24ClN3O2S. The van der Waals surface area contributed by atoms with E-state index in [1.54, 1.807) is 22.6 Å². The van der Waals surface area contributed by atoms with E-state index in [1.807, 2.05) is 14.1 Å². The lowest BCUT2D eigenvalue weighted by Gasteiger charge is -2.27. The maximum Gasteiger partial charge on any atom is 0.244 e. The number of aromatic nitrogens is 1. The Morgan fingerprint density at radius 2 is 2.00 bits per heavy atom. The first-order chi connectivity index (χ1) is 9.34. The van der Waals surface area contributed by atoms with Crippen molar-refractivity contribution >= 4 is 22.4 Å². The summed E-state index contributed by atoms with van der Waals surface area (Å²) in [6.07, 6.45) is 3.01. The Kier molecular flexibility index (Phi) is 6.16. The van der Waals surface area contributed by atoms with E-state index >= 15 is 0 Å². The molecule has 1 aliphatic rings. The van der Waals surface area contributed by atoms with Gasteiger partial charge in [-0.15, -0.1) is 12.4 Å². The molecule has 0 saturated carbocycles. The van der Waals surface area contributed by atoms with Crippen molar-refractivity contribution in [3.05, 3.63) is 24.5 Å². The third kappa shape index (κ3) is 3.74. The van der Waals surface area contributed by atoms with Gasteiger partial charge in [-0.25, -0.2) is 8.42 Å². The van der Waals surface area contributed by atoms with Crippen LogP contribution in [0.15, 0.2) is 29.4 Å². The van der Waals surface area contributed by atoms with E-state index in [1.165, 1.54) is 6.20 Å². The Morgan fingerprint density at radius 3 is 2.43 bits per heavy atom. The highest BCUT2D eigenvalue weighted by Gasteiger charge is 2.41. The maximum absolute atomic E-state index is 12.6. The van der Waals surface area contributed by atoms with Crippen molar-refractivity contribution < 1.29 is 8.42 Å². The molecule has 0 amide bonds. The highest BCUT2D eigenvalue weighted by atomic mass is 35.5. The number of sulfonamides is 1. The van der Waals surface area contributed by atoms with Crippen LogP contribution in [0.4, 0.5) is 0 Å². The van der Waals surface area contributed by atoms with Gasteiger partial charge in [0, 0.05) is 31.5 Å². The van der Waals surface area contributed by atoms with Crippen LogP contribution in [0.3, 0.4) is 0 Å². The van der Waals surface area contributed by atoms with Crippen LogP contribution in [-0.2, 0) is 10.0 Å². The van der Waals surface area contributed by atoms with Crippen molar-refractivity contribution in [2.24, 2.45) is 11.8 Å². The molecule has 120 valence electrons. The fourth-order valence-corrected chi connectivity index (χ4v) is 4.28. The largest absolute Gasteiger partial charge is 0.305 e. The summed E-state index contributed by atoms with van der Waals surface area (Å²) in [4.78, 5) is 6.32. The molecule has 0 bridgehead atoms.